The van der Waals surface area contributed by atoms with Gasteiger partial charge >= 0.3 is 11.9 Å². The van der Waals surface area contributed by atoms with E-state index in [1.807, 2.05) is 0 Å². The fourth-order valence-corrected chi connectivity index (χ4v) is 1.24. The monoisotopic (exact) mass is 205 g/mol. The summed E-state index contributed by atoms with van der Waals surface area (Å²) in [7, 11) is 0. The van der Waals surface area contributed by atoms with Crippen LogP contribution in [0.15, 0.2) is 22.6 Å². The summed E-state index contributed by atoms with van der Waals surface area (Å²) in [6.45, 7) is 1.43. The molecule has 76 valence electrons. The maximum Gasteiger partial charge on any atom is 0.392 e. The lowest BCUT2D eigenvalue weighted by Gasteiger charge is -1.92. The van der Waals surface area contributed by atoms with E-state index in [0.29, 0.717) is 16.7 Å². The largest absolute Gasteiger partial charge is 0.474 e. The van der Waals surface area contributed by atoms with Crippen LogP contribution < -0.4 is 0 Å². The Morgan fingerprint density at radius 2 is 2.13 bits per heavy atom. The highest BCUT2D eigenvalue weighted by molar-refractivity contribution is 5.97. The fraction of sp³-hybridized carbons (Fsp3) is 0.100. The van der Waals surface area contributed by atoms with Crippen molar-refractivity contribution in [1.29, 1.82) is 0 Å². The van der Waals surface area contributed by atoms with E-state index >= 15 is 0 Å². The van der Waals surface area contributed by atoms with Crippen LogP contribution in [0.25, 0.3) is 11.1 Å². The average molecular weight is 205 g/mol. The van der Waals surface area contributed by atoms with Crippen molar-refractivity contribution in [3.8, 4) is 0 Å². The second-order valence-electron chi connectivity index (χ2n) is 3.06. The van der Waals surface area contributed by atoms with Gasteiger partial charge in [-0.25, -0.2) is 9.78 Å². The number of ketones is 1. The van der Waals surface area contributed by atoms with E-state index in [1.165, 1.54) is 19.1 Å². The standard InChI is InChI=1S/C10H7NO4/c1-5(12)6-2-3-8-7(4-6)11-9(15-8)10(13)14/h2-4H,1H3,(H,13,14). The lowest BCUT2D eigenvalue weighted by molar-refractivity contribution is 0.0656. The first kappa shape index (κ1) is 9.39. The van der Waals surface area contributed by atoms with Crippen molar-refractivity contribution in [2.75, 3.05) is 0 Å². The summed E-state index contributed by atoms with van der Waals surface area (Å²) < 4.78 is 4.94. The molecule has 5 nitrogen and oxygen atoms in total. The van der Waals surface area contributed by atoms with Gasteiger partial charge in [0.2, 0.25) is 0 Å². The molecule has 2 aromatic rings. The quantitative estimate of drug-likeness (QED) is 0.755. The minimum Gasteiger partial charge on any atom is -0.474 e. The molecule has 0 spiro atoms. The smallest absolute Gasteiger partial charge is 0.392 e. The number of nitrogens with zero attached hydrogens (tertiary/aromatic N) is 1. The van der Waals surface area contributed by atoms with Gasteiger partial charge in [0.1, 0.15) is 5.52 Å². The number of aromatic carboxylic acids is 1. The Hall–Kier alpha value is -2.17. The molecule has 0 atom stereocenters. The third-order valence-corrected chi connectivity index (χ3v) is 1.98. The Kier molecular flexibility index (Phi) is 2.00. The van der Waals surface area contributed by atoms with Crippen LogP contribution in [0.1, 0.15) is 28.0 Å². The van der Waals surface area contributed by atoms with Crippen molar-refractivity contribution in [1.82, 2.24) is 4.98 Å². The number of oxazole rings is 1. The first-order chi connectivity index (χ1) is 7.08. The highest BCUT2D eigenvalue weighted by Gasteiger charge is 2.13. The average Bonchev–Trinajstić information content (AvgIpc) is 2.59. The Bertz CT molecular complexity index is 544. The van der Waals surface area contributed by atoms with Gasteiger partial charge in [0.25, 0.3) is 0 Å². The van der Waals surface area contributed by atoms with Gasteiger partial charge in [-0.05, 0) is 25.1 Å². The molecule has 0 fully saturated rings. The van der Waals surface area contributed by atoms with Gasteiger partial charge in [-0.15, -0.1) is 0 Å². The molecule has 5 heteroatoms. The van der Waals surface area contributed by atoms with Crippen molar-refractivity contribution >= 4 is 22.9 Å². The van der Waals surface area contributed by atoms with Crippen LogP contribution in [0, 0.1) is 0 Å². The summed E-state index contributed by atoms with van der Waals surface area (Å²) in [5.41, 5.74) is 1.21. The van der Waals surface area contributed by atoms with Crippen LogP contribution in [0.5, 0.6) is 0 Å². The van der Waals surface area contributed by atoms with E-state index < -0.39 is 5.97 Å². The first-order valence-corrected chi connectivity index (χ1v) is 4.23. The highest BCUT2D eigenvalue weighted by Crippen LogP contribution is 2.17. The number of rotatable bonds is 2. The number of carboxylic acids is 1. The third-order valence-electron chi connectivity index (χ3n) is 1.98. The van der Waals surface area contributed by atoms with E-state index in [2.05, 4.69) is 4.98 Å². The Morgan fingerprint density at radius 3 is 2.73 bits per heavy atom. The van der Waals surface area contributed by atoms with E-state index in [1.54, 1.807) is 6.07 Å². The summed E-state index contributed by atoms with van der Waals surface area (Å²) in [6, 6.07) is 4.61. The Morgan fingerprint density at radius 1 is 1.40 bits per heavy atom. The lowest BCUT2D eigenvalue weighted by Crippen LogP contribution is -1.95. The van der Waals surface area contributed by atoms with Gasteiger partial charge in [-0.1, -0.05) is 0 Å². The number of hydrogen-bond donors (Lipinski definition) is 1. The van der Waals surface area contributed by atoms with Crippen molar-refractivity contribution in [3.63, 3.8) is 0 Å². The van der Waals surface area contributed by atoms with Gasteiger partial charge in [0, 0.05) is 5.56 Å². The molecule has 0 aliphatic heterocycles. The van der Waals surface area contributed by atoms with Crippen LogP contribution in [-0.4, -0.2) is 21.8 Å². The summed E-state index contributed by atoms with van der Waals surface area (Å²) in [5.74, 6) is -1.70. The molecular formula is C10H7NO4. The van der Waals surface area contributed by atoms with E-state index in [4.69, 9.17) is 9.52 Å². The van der Waals surface area contributed by atoms with Gasteiger partial charge in [0.05, 0.1) is 0 Å². The molecule has 0 radical (unpaired) electrons. The van der Waals surface area contributed by atoms with Crippen LogP contribution in [0.2, 0.25) is 0 Å². The van der Waals surface area contributed by atoms with Gasteiger partial charge in [-0.2, -0.15) is 0 Å². The summed E-state index contributed by atoms with van der Waals surface area (Å²) in [5, 5.41) is 8.64. The molecule has 1 N–H and O–H groups in total. The number of fused-ring (bicyclic) bond motifs is 1. The first-order valence-electron chi connectivity index (χ1n) is 4.23. The molecule has 1 aromatic carbocycles. The van der Waals surface area contributed by atoms with Crippen molar-refractivity contribution in [3.05, 3.63) is 29.7 Å². The maximum atomic E-state index is 11.1. The SMILES string of the molecule is CC(=O)c1ccc2oc(C(=O)O)nc2c1. The van der Waals surface area contributed by atoms with Gasteiger partial charge in [0.15, 0.2) is 11.4 Å². The highest BCUT2D eigenvalue weighted by atomic mass is 16.4. The number of carbonyl (C=O) groups is 2. The minimum atomic E-state index is -1.23. The zero-order valence-corrected chi connectivity index (χ0v) is 7.85. The molecule has 0 saturated heterocycles. The Balaban J connectivity index is 2.62. The zero-order chi connectivity index (χ0) is 11.0. The van der Waals surface area contributed by atoms with Crippen molar-refractivity contribution in [2.45, 2.75) is 6.92 Å². The number of carboxylic acid groups (broad SMARTS) is 1. The molecule has 0 aliphatic carbocycles. The van der Waals surface area contributed by atoms with Crippen LogP contribution in [0.4, 0.5) is 0 Å². The van der Waals surface area contributed by atoms with E-state index in [-0.39, 0.29) is 11.7 Å². The summed E-state index contributed by atoms with van der Waals surface area (Å²) >= 11 is 0. The minimum absolute atomic E-state index is 0.100. The second kappa shape index (κ2) is 3.20. The van der Waals surface area contributed by atoms with Crippen molar-refractivity contribution in [2.24, 2.45) is 0 Å². The number of aromatic nitrogens is 1. The molecular weight excluding hydrogens is 198 g/mol. The number of hydrogen-bond acceptors (Lipinski definition) is 4. The summed E-state index contributed by atoms with van der Waals surface area (Å²) in [4.78, 5) is 25.4. The number of benzene rings is 1. The Labute approximate surface area is 84.3 Å². The molecule has 0 amide bonds. The lowest BCUT2D eigenvalue weighted by atomic mass is 10.1. The summed E-state index contributed by atoms with van der Waals surface area (Å²) in [6.07, 6.45) is 0. The topological polar surface area (TPSA) is 80.4 Å². The van der Waals surface area contributed by atoms with Crippen molar-refractivity contribution < 1.29 is 19.1 Å². The normalized spacial score (nSPS) is 10.5. The van der Waals surface area contributed by atoms with E-state index in [0.717, 1.165) is 0 Å². The van der Waals surface area contributed by atoms with Crippen LogP contribution in [0.3, 0.4) is 0 Å². The maximum absolute atomic E-state index is 11.1. The fourth-order valence-electron chi connectivity index (χ4n) is 1.24. The van der Waals surface area contributed by atoms with Crippen LogP contribution in [-0.2, 0) is 0 Å². The molecule has 0 saturated carbocycles. The second-order valence-corrected chi connectivity index (χ2v) is 3.06. The number of carbonyl (C=O) groups excluding carboxylic acids is 1. The molecule has 2 rings (SSSR count). The molecule has 0 aliphatic rings. The molecule has 1 heterocycles. The number of Topliss-reactive ketones (excluding diaryl/α,β-unsaturated/α-hetero) is 1. The van der Waals surface area contributed by atoms with E-state index in [9.17, 15) is 9.59 Å². The molecule has 0 unspecified atom stereocenters. The molecule has 0 bridgehead atoms. The van der Waals surface area contributed by atoms with Gasteiger partial charge in [-0.3, -0.25) is 4.79 Å². The molecule has 1 aromatic heterocycles. The van der Waals surface area contributed by atoms with Crippen LogP contribution >= 0.6 is 0 Å². The van der Waals surface area contributed by atoms with Gasteiger partial charge < -0.3 is 9.52 Å². The third kappa shape index (κ3) is 1.59. The predicted molar refractivity (Wildman–Crippen MR) is 51.0 cm³/mol. The predicted octanol–water partition coefficient (Wildman–Crippen LogP) is 1.73. The zero-order valence-electron chi connectivity index (χ0n) is 7.85. The molecule has 15 heavy (non-hydrogen) atoms.